The number of carbonyl (C=O) groups excluding carboxylic acids is 3. The molecule has 2 aromatic carbocycles. The van der Waals surface area contributed by atoms with Gasteiger partial charge in [0.05, 0.1) is 47.7 Å². The molecule has 3 N–H and O–H groups in total. The van der Waals surface area contributed by atoms with Crippen LogP contribution >= 0.6 is 0 Å². The summed E-state index contributed by atoms with van der Waals surface area (Å²) in [6.45, 7) is 10.2. The van der Waals surface area contributed by atoms with Crippen LogP contribution in [0.15, 0.2) is 82.8 Å². The Morgan fingerprint density at radius 3 is 2.27 bits per heavy atom. The van der Waals surface area contributed by atoms with Crippen molar-refractivity contribution in [2.24, 2.45) is 17.0 Å². The summed E-state index contributed by atoms with van der Waals surface area (Å²) in [5.74, 6) is -0.834. The molecule has 1 aliphatic heterocycles. The molecule has 0 saturated carbocycles. The number of carbonyl (C=O) groups is 3. The molecule has 1 aliphatic rings. The summed E-state index contributed by atoms with van der Waals surface area (Å²) in [4.78, 5) is 49.5. The number of sulfonamides is 1. The maximum atomic E-state index is 14.4. The molecule has 0 radical (unpaired) electrons. The molecule has 4 rings (SSSR count). The highest BCUT2D eigenvalue weighted by atomic mass is 32.2. The Bertz CT molecular complexity index is 1880. The lowest BCUT2D eigenvalue weighted by molar-refractivity contribution is -0.129. The van der Waals surface area contributed by atoms with Crippen LogP contribution < -0.4 is 5.32 Å². The van der Waals surface area contributed by atoms with Gasteiger partial charge in [0.25, 0.3) is 0 Å². The predicted molar refractivity (Wildman–Crippen MR) is 210 cm³/mol. The summed E-state index contributed by atoms with van der Waals surface area (Å²) in [5.41, 5.74) is 2.71. The van der Waals surface area contributed by atoms with Gasteiger partial charge in [-0.2, -0.15) is 4.31 Å². The molecular weight excluding hydrogens is 723 g/mol. The third-order valence-electron chi connectivity index (χ3n) is 9.84. The van der Waals surface area contributed by atoms with E-state index in [0.717, 1.165) is 5.56 Å². The number of aliphatic hydroxyl groups is 1. The summed E-state index contributed by atoms with van der Waals surface area (Å²) >= 11 is 0. The summed E-state index contributed by atoms with van der Waals surface area (Å²) in [6.07, 6.45) is 0.691. The van der Waals surface area contributed by atoms with Gasteiger partial charge in [0.1, 0.15) is 6.04 Å². The number of pyridine rings is 1. The van der Waals surface area contributed by atoms with Gasteiger partial charge in [0.15, 0.2) is 0 Å². The topological polar surface area (TPSA) is 176 Å². The second kappa shape index (κ2) is 19.6. The van der Waals surface area contributed by atoms with E-state index in [4.69, 9.17) is 5.21 Å². The highest BCUT2D eigenvalue weighted by Gasteiger charge is 2.41. The van der Waals surface area contributed by atoms with Crippen molar-refractivity contribution >= 4 is 34.1 Å². The molecule has 0 aliphatic carbocycles. The number of aromatic nitrogens is 1. The molecule has 15 heteroatoms. The SMILES string of the molecule is CC[C@H](C)[C@@H](C(=O)N[C@@H](Cc1ccccc1)C(O)CN(CC(C)C)S(=O)(=O)c1ccc(C=NO)cc1)N1CCN(Cc2cccc(CN(C)C(C)=O)n2)C1=O. The highest BCUT2D eigenvalue weighted by molar-refractivity contribution is 7.89. The molecule has 0 spiro atoms. The fourth-order valence-corrected chi connectivity index (χ4v) is 8.19. The minimum Gasteiger partial charge on any atom is -0.411 e. The summed E-state index contributed by atoms with van der Waals surface area (Å²) in [7, 11) is -2.39. The minimum absolute atomic E-state index is 0.0124. The molecule has 1 unspecified atom stereocenters. The van der Waals surface area contributed by atoms with E-state index in [1.54, 1.807) is 21.7 Å². The smallest absolute Gasteiger partial charge is 0.321 e. The Morgan fingerprint density at radius 2 is 1.65 bits per heavy atom. The molecule has 1 fully saturated rings. The Hall–Kier alpha value is -4.86. The van der Waals surface area contributed by atoms with E-state index in [9.17, 15) is 27.9 Å². The Labute approximate surface area is 324 Å². The number of nitrogens with one attached hydrogen (secondary N) is 1. The van der Waals surface area contributed by atoms with Crippen molar-refractivity contribution in [1.82, 2.24) is 29.3 Å². The number of oxime groups is 1. The van der Waals surface area contributed by atoms with Crippen molar-refractivity contribution in [2.45, 2.75) is 83.6 Å². The zero-order valence-corrected chi connectivity index (χ0v) is 33.4. The van der Waals surface area contributed by atoms with Gasteiger partial charge in [-0.25, -0.2) is 13.2 Å². The van der Waals surface area contributed by atoms with Crippen molar-refractivity contribution in [3.8, 4) is 0 Å². The number of benzene rings is 2. The minimum atomic E-state index is -4.08. The van der Waals surface area contributed by atoms with Crippen LogP contribution in [0.2, 0.25) is 0 Å². The molecule has 4 amide bonds. The zero-order chi connectivity index (χ0) is 40.3. The number of rotatable bonds is 19. The first-order chi connectivity index (χ1) is 26.1. The second-order valence-electron chi connectivity index (χ2n) is 14.6. The largest absolute Gasteiger partial charge is 0.411 e. The van der Waals surface area contributed by atoms with E-state index >= 15 is 0 Å². The molecule has 3 aromatic rings. The second-order valence-corrected chi connectivity index (χ2v) is 16.6. The van der Waals surface area contributed by atoms with Crippen LogP contribution in [0.1, 0.15) is 63.6 Å². The van der Waals surface area contributed by atoms with Gasteiger partial charge in [-0.1, -0.05) is 87.8 Å². The van der Waals surface area contributed by atoms with Crippen molar-refractivity contribution in [3.05, 3.63) is 95.3 Å². The Balaban J connectivity index is 1.57. The number of hydrogen-bond acceptors (Lipinski definition) is 9. The quantitative estimate of drug-likeness (QED) is 0.0932. The third kappa shape index (κ3) is 11.6. The third-order valence-corrected chi connectivity index (χ3v) is 11.7. The average Bonchev–Trinajstić information content (AvgIpc) is 3.49. The van der Waals surface area contributed by atoms with Crippen LogP contribution in [-0.2, 0) is 39.1 Å². The molecular formula is C40H55N7O7S. The van der Waals surface area contributed by atoms with Crippen LogP contribution in [0.25, 0.3) is 0 Å². The normalized spacial score (nSPS) is 15.8. The molecule has 2 heterocycles. The summed E-state index contributed by atoms with van der Waals surface area (Å²) in [5, 5.41) is 26.8. The molecule has 1 aromatic heterocycles. The average molecular weight is 778 g/mol. The van der Waals surface area contributed by atoms with Crippen molar-refractivity contribution in [2.75, 3.05) is 33.2 Å². The first-order valence-corrected chi connectivity index (χ1v) is 20.1. The Morgan fingerprint density at radius 1 is 0.982 bits per heavy atom. The summed E-state index contributed by atoms with van der Waals surface area (Å²) in [6, 6.07) is 18.6. The first-order valence-electron chi connectivity index (χ1n) is 18.7. The first kappa shape index (κ1) is 42.9. The fourth-order valence-electron chi connectivity index (χ4n) is 6.57. The van der Waals surface area contributed by atoms with E-state index in [-0.39, 0.29) is 54.7 Å². The molecule has 55 heavy (non-hydrogen) atoms. The molecule has 298 valence electrons. The van der Waals surface area contributed by atoms with Crippen LogP contribution in [-0.4, -0.2) is 118 Å². The zero-order valence-electron chi connectivity index (χ0n) is 32.6. The van der Waals surface area contributed by atoms with E-state index < -0.39 is 34.1 Å². The maximum absolute atomic E-state index is 14.4. The molecule has 14 nitrogen and oxygen atoms in total. The lowest BCUT2D eigenvalue weighted by Crippen LogP contribution is -2.57. The van der Waals surface area contributed by atoms with Crippen LogP contribution in [0.5, 0.6) is 0 Å². The number of urea groups is 1. The van der Waals surface area contributed by atoms with E-state index in [1.165, 1.54) is 41.7 Å². The van der Waals surface area contributed by atoms with Crippen molar-refractivity contribution < 1.29 is 33.1 Å². The van der Waals surface area contributed by atoms with Gasteiger partial charge < -0.3 is 30.3 Å². The van der Waals surface area contributed by atoms with Gasteiger partial charge >= 0.3 is 6.03 Å². The molecule has 1 saturated heterocycles. The lowest BCUT2D eigenvalue weighted by atomic mass is 9.95. The van der Waals surface area contributed by atoms with Crippen LogP contribution in [0, 0.1) is 11.8 Å². The van der Waals surface area contributed by atoms with Gasteiger partial charge in [-0.3, -0.25) is 14.6 Å². The Kier molecular flexibility index (Phi) is 15.3. The van der Waals surface area contributed by atoms with Gasteiger partial charge in [-0.05, 0) is 53.6 Å². The highest BCUT2D eigenvalue weighted by Crippen LogP contribution is 2.24. The van der Waals surface area contributed by atoms with Gasteiger partial charge in [0.2, 0.25) is 21.8 Å². The van der Waals surface area contributed by atoms with E-state index in [1.807, 2.05) is 76.2 Å². The number of nitrogens with zero attached hydrogens (tertiary/aromatic N) is 6. The van der Waals surface area contributed by atoms with Crippen molar-refractivity contribution in [3.63, 3.8) is 0 Å². The fraction of sp³-hybridized carbons (Fsp3) is 0.475. The summed E-state index contributed by atoms with van der Waals surface area (Å²) < 4.78 is 29.1. The number of hydrogen-bond donors (Lipinski definition) is 3. The van der Waals surface area contributed by atoms with Crippen molar-refractivity contribution in [1.29, 1.82) is 0 Å². The van der Waals surface area contributed by atoms with Crippen LogP contribution in [0.4, 0.5) is 4.79 Å². The standard InChI is InChI=1S/C40H55N7O7S/c1-7-29(4)38(47-21-20-45(40(47)51)26-34-15-11-14-33(42-34)25-44(6)30(5)48)39(50)43-36(22-31-12-9-8-10-13-31)37(49)27-46(24-28(2)3)55(53,54)35-18-16-32(17-19-35)23-41-52/h8-19,23,28-29,36-38,49,52H,7,20-22,24-27H2,1-6H3,(H,43,50)/t29-,36-,37?,38-/m0/s1. The molecule has 4 atom stereocenters. The van der Waals surface area contributed by atoms with Gasteiger partial charge in [0, 0.05) is 40.2 Å². The number of amides is 4. The maximum Gasteiger partial charge on any atom is 0.321 e. The number of aliphatic hydroxyl groups excluding tert-OH is 1. The predicted octanol–water partition coefficient (Wildman–Crippen LogP) is 3.96. The van der Waals surface area contributed by atoms with Crippen LogP contribution in [0.3, 0.4) is 0 Å². The molecule has 0 bridgehead atoms. The van der Waals surface area contributed by atoms with E-state index in [0.29, 0.717) is 43.0 Å². The lowest BCUT2D eigenvalue weighted by Gasteiger charge is -2.35. The van der Waals surface area contributed by atoms with Gasteiger partial charge in [-0.15, -0.1) is 0 Å². The monoisotopic (exact) mass is 777 g/mol. The van der Waals surface area contributed by atoms with E-state index in [2.05, 4.69) is 15.5 Å².